The Hall–Kier alpha value is -2.45. The third kappa shape index (κ3) is 4.90. The smallest absolute Gasteiger partial charge is 0.191 e. The minimum Gasteiger partial charge on any atom is -0.394 e. The second-order valence-electron chi connectivity index (χ2n) is 6.96. The summed E-state index contributed by atoms with van der Waals surface area (Å²) in [6, 6.07) is -10.8. The highest BCUT2D eigenvalue weighted by molar-refractivity contribution is 7.99. The van der Waals surface area contributed by atoms with Crippen molar-refractivity contribution in [2.24, 2.45) is 0 Å². The molecule has 5 rings (SSSR count). The molecule has 0 aliphatic heterocycles. The molecule has 0 radical (unpaired) electrons. The van der Waals surface area contributed by atoms with Gasteiger partial charge in [0.1, 0.15) is 12.2 Å². The van der Waals surface area contributed by atoms with Gasteiger partial charge in [-0.3, -0.25) is 0 Å². The van der Waals surface area contributed by atoms with E-state index >= 15 is 0 Å². The average molecular weight is 542 g/mol. The zero-order chi connectivity index (χ0) is 42.3. The molecule has 2 heterocycles. The number of aliphatic hydroxyl groups excluding tert-OH is 1. The lowest BCUT2D eigenvalue weighted by molar-refractivity contribution is -0.0629. The number of aromatic nitrogens is 5. The molecular formula is C23H28F2N6O4S. The van der Waals surface area contributed by atoms with Crippen LogP contribution in [0.25, 0.3) is 11.2 Å². The van der Waals surface area contributed by atoms with Gasteiger partial charge in [-0.05, 0) is 30.4 Å². The highest BCUT2D eigenvalue weighted by atomic mass is 32.2. The van der Waals surface area contributed by atoms with Gasteiger partial charge in [0.25, 0.3) is 0 Å². The molecule has 1 aromatic carbocycles. The number of benzene rings is 1. The standard InChI is InChI=1S/C23H28F2N6O4S/c1-2-7-36-23-27-21(26-15-9-12(15)11-3-4-13(24)14(25)8-11)18-22(28-23)31(30-29-18)16-10-17(35-6-5-32)20(34)19(16)33/h3-4,8,12,15-17,19-20,32-34H,2,5-7,9-10H2,1H3,(H,26,27,28)/t12?,15-,16+,17-,19-,20+/m0/s1/i1D3,2D2,3D,4D,7D2,8D,9D2,10D2,15D,16D,17D,19D,20D. The van der Waals surface area contributed by atoms with E-state index in [1.54, 1.807) is 0 Å². The van der Waals surface area contributed by atoms with Gasteiger partial charge in [-0.1, -0.05) is 29.9 Å². The minimum absolute atomic E-state index is 0.0977. The van der Waals surface area contributed by atoms with E-state index in [-0.39, 0.29) is 16.4 Å². The maximum absolute atomic E-state index is 14.6. The van der Waals surface area contributed by atoms with E-state index in [2.05, 4.69) is 25.6 Å². The van der Waals surface area contributed by atoms with Crippen molar-refractivity contribution >= 4 is 28.7 Å². The number of thioether (sulfide) groups is 1. The van der Waals surface area contributed by atoms with Crippen molar-refractivity contribution in [3.8, 4) is 0 Å². The number of nitrogens with zero attached hydrogens (tertiary/aromatic N) is 5. The molecule has 0 bridgehead atoms. The topological polar surface area (TPSA) is 138 Å². The normalized spacial score (nSPS) is 49.5. The van der Waals surface area contributed by atoms with Crippen LogP contribution >= 0.6 is 11.8 Å². The third-order valence-electron chi connectivity index (χ3n) is 4.71. The van der Waals surface area contributed by atoms with Crippen molar-refractivity contribution in [1.82, 2.24) is 25.0 Å². The molecule has 2 saturated carbocycles. The van der Waals surface area contributed by atoms with Crippen LogP contribution in [0.4, 0.5) is 14.6 Å². The predicted molar refractivity (Wildman–Crippen MR) is 128 cm³/mol. The lowest BCUT2D eigenvalue weighted by atomic mass is 10.1. The first kappa shape index (κ1) is 11.1. The minimum atomic E-state index is -4.22. The zero-order valence-corrected chi connectivity index (χ0v) is 18.5. The molecule has 2 fully saturated rings. The molecule has 2 aliphatic rings. The molecule has 2 aromatic heterocycles. The van der Waals surface area contributed by atoms with E-state index in [4.69, 9.17) is 30.8 Å². The third-order valence-corrected chi connectivity index (χ3v) is 5.28. The molecule has 13 heteroatoms. The van der Waals surface area contributed by atoms with Crippen LogP contribution in [0.15, 0.2) is 23.3 Å². The molecule has 1 unspecified atom stereocenters. The van der Waals surface area contributed by atoms with Crippen molar-refractivity contribution in [3.63, 3.8) is 0 Å². The fourth-order valence-electron chi connectivity index (χ4n) is 3.09. The Morgan fingerprint density at radius 2 is 2.19 bits per heavy atom. The number of hydrogen-bond donors (Lipinski definition) is 4. The van der Waals surface area contributed by atoms with E-state index in [0.717, 1.165) is 0 Å². The summed E-state index contributed by atoms with van der Waals surface area (Å²) in [6.45, 7) is -5.59. The summed E-state index contributed by atoms with van der Waals surface area (Å²) in [5.41, 5.74) is -6.48. The van der Waals surface area contributed by atoms with Crippen molar-refractivity contribution in [2.75, 3.05) is 24.2 Å². The van der Waals surface area contributed by atoms with Gasteiger partial charge < -0.3 is 25.4 Å². The summed E-state index contributed by atoms with van der Waals surface area (Å²) in [4.78, 5) is 7.71. The van der Waals surface area contributed by atoms with Crippen molar-refractivity contribution in [3.05, 3.63) is 35.3 Å². The van der Waals surface area contributed by atoms with Crippen LogP contribution in [0.1, 0.15) is 69.5 Å². The molecule has 0 saturated heterocycles. The largest absolute Gasteiger partial charge is 0.394 e. The van der Waals surface area contributed by atoms with Crippen LogP contribution in [0.3, 0.4) is 0 Å². The molecule has 3 aromatic rings. The van der Waals surface area contributed by atoms with Crippen LogP contribution < -0.4 is 5.32 Å². The summed E-state index contributed by atoms with van der Waals surface area (Å²) < 4.78 is 190. The summed E-state index contributed by atoms with van der Waals surface area (Å²) in [5.74, 6) is -6.92. The van der Waals surface area contributed by atoms with Crippen LogP contribution in [-0.4, -0.2) is 83.5 Å². The van der Waals surface area contributed by atoms with E-state index in [1.807, 2.05) is 0 Å². The fourth-order valence-corrected chi connectivity index (χ4v) is 3.50. The molecular weight excluding hydrogens is 494 g/mol. The lowest BCUT2D eigenvalue weighted by Gasteiger charge is -2.17. The maximum Gasteiger partial charge on any atom is 0.191 e. The lowest BCUT2D eigenvalue weighted by Crippen LogP contribution is -2.33. The van der Waals surface area contributed by atoms with E-state index < -0.39 is 139 Å². The van der Waals surface area contributed by atoms with Gasteiger partial charge in [0.05, 0.1) is 36.3 Å². The molecule has 194 valence electrons. The first-order valence-electron chi connectivity index (χ1n) is 19.4. The molecule has 0 spiro atoms. The fraction of sp³-hybridized carbons (Fsp3) is 0.565. The van der Waals surface area contributed by atoms with Crippen molar-refractivity contribution in [1.29, 1.82) is 0 Å². The van der Waals surface area contributed by atoms with E-state index in [9.17, 15) is 24.1 Å². The van der Waals surface area contributed by atoms with Crippen molar-refractivity contribution in [2.45, 2.75) is 67.3 Å². The SMILES string of the molecule is [2H]c1c([2H])c(C2C([2H])([2H])[C@]2([2H])Nc2nc(SC([2H])([2H])C([2H])([2H])C([2H])([2H])[2H])nc3c2nnn3[C@]2([2H])C([2H])([2H])[C@]([2H])(OCCO)[C@@]([2H])(O)[C@@]2([2H])O)c([2H])c(F)c1F. The monoisotopic (exact) mass is 541 g/mol. The highest BCUT2D eigenvalue weighted by Crippen LogP contribution is 2.44. The Labute approximate surface area is 236 Å². The average Bonchev–Trinajstić information content (AvgIpc) is 3.29. The number of nitrogens with one attached hydrogen (secondary N) is 1. The number of rotatable bonds is 10. The summed E-state index contributed by atoms with van der Waals surface area (Å²) >= 11 is -0.377. The summed E-state index contributed by atoms with van der Waals surface area (Å²) in [6.07, 6.45) is -22.8. The Kier molecular flexibility index (Phi) is 3.24. The quantitative estimate of drug-likeness (QED) is 0.223. The molecule has 4 N–H and O–H groups in total. The highest BCUT2D eigenvalue weighted by Gasteiger charge is 2.45. The van der Waals surface area contributed by atoms with Gasteiger partial charge in [0.15, 0.2) is 33.8 Å². The van der Waals surface area contributed by atoms with Gasteiger partial charge in [-0.2, -0.15) is 0 Å². The van der Waals surface area contributed by atoms with Crippen LogP contribution in [0.2, 0.25) is 0 Å². The second-order valence-corrected chi connectivity index (χ2v) is 7.74. The van der Waals surface area contributed by atoms with Gasteiger partial charge >= 0.3 is 0 Å². The second kappa shape index (κ2) is 10.5. The Bertz CT molecular complexity index is 2050. The van der Waals surface area contributed by atoms with Gasteiger partial charge in [0.2, 0.25) is 0 Å². The Morgan fingerprint density at radius 1 is 1.33 bits per heavy atom. The molecule has 36 heavy (non-hydrogen) atoms. The zero-order valence-electron chi connectivity index (χ0n) is 36.6. The van der Waals surface area contributed by atoms with Gasteiger partial charge in [-0.15, -0.1) is 5.10 Å². The van der Waals surface area contributed by atoms with Gasteiger partial charge in [-0.25, -0.2) is 23.4 Å². The number of fused-ring (bicyclic) bond motifs is 1. The molecule has 2 aliphatic carbocycles. The number of aliphatic hydroxyl groups is 3. The van der Waals surface area contributed by atoms with Crippen LogP contribution in [0.5, 0.6) is 0 Å². The summed E-state index contributed by atoms with van der Waals surface area (Å²) in [7, 11) is 0. The van der Waals surface area contributed by atoms with E-state index in [0.29, 0.717) is 0 Å². The first-order valence-corrected chi connectivity index (χ1v) is 10.7. The molecule has 6 atom stereocenters. The summed E-state index contributed by atoms with van der Waals surface area (Å²) in [5, 5.41) is 39.7. The molecule has 0 amide bonds. The van der Waals surface area contributed by atoms with E-state index in [1.165, 1.54) is 0 Å². The van der Waals surface area contributed by atoms with Crippen LogP contribution in [0, 0.1) is 11.6 Å². The number of ether oxygens (including phenoxy) is 1. The van der Waals surface area contributed by atoms with Crippen LogP contribution in [-0.2, 0) is 4.74 Å². The number of halogens is 2. The Balaban J connectivity index is 1.78. The molecule has 10 nitrogen and oxygen atoms in total. The van der Waals surface area contributed by atoms with Crippen molar-refractivity contribution < 1.29 is 54.9 Å². The number of hydrogen-bond acceptors (Lipinski definition) is 10. The van der Waals surface area contributed by atoms with Gasteiger partial charge in [0, 0.05) is 39.1 Å². The maximum atomic E-state index is 14.6. The number of anilines is 1. The predicted octanol–water partition coefficient (Wildman–Crippen LogP) is 2.01. The first-order chi connectivity index (χ1) is 24.6. The Morgan fingerprint density at radius 3 is 3.00 bits per heavy atom.